The number of hydrogen-bond acceptors (Lipinski definition) is 7. The number of pyridine rings is 1. The molecule has 2 aromatic rings. The smallest absolute Gasteiger partial charge is 0.433 e. The zero-order chi connectivity index (χ0) is 20.5. The van der Waals surface area contributed by atoms with Gasteiger partial charge in [0, 0.05) is 6.04 Å². The van der Waals surface area contributed by atoms with Crippen LogP contribution in [0.25, 0.3) is 11.5 Å². The van der Waals surface area contributed by atoms with E-state index in [1.807, 2.05) is 6.92 Å². The van der Waals surface area contributed by atoms with Crippen molar-refractivity contribution in [2.75, 3.05) is 5.32 Å². The molecule has 2 heterocycles. The highest BCUT2D eigenvalue weighted by Crippen LogP contribution is 2.34. The summed E-state index contributed by atoms with van der Waals surface area (Å²) in [4.78, 5) is 30.6. The van der Waals surface area contributed by atoms with Gasteiger partial charge in [-0.05, 0) is 44.7 Å². The van der Waals surface area contributed by atoms with Crippen molar-refractivity contribution in [2.24, 2.45) is 10.9 Å². The van der Waals surface area contributed by atoms with Crippen molar-refractivity contribution < 1.29 is 23.1 Å². The number of carboxylic acid groups (broad SMARTS) is 1. The number of aliphatic carboxylic acids is 1. The summed E-state index contributed by atoms with van der Waals surface area (Å²) in [7, 11) is 0. The summed E-state index contributed by atoms with van der Waals surface area (Å²) in [6.07, 6.45) is -2.50. The number of aromatic nitrogens is 4. The number of aliphatic imine (C=N–C) groups is 1. The Labute approximate surface area is 158 Å². The standard InChI is InChI=1S/C17H17F3N6O2/c1-8(10-6-7-10)21-15-24-13(25-16(26-15)22-9(2)14(27)28)11-4-3-5-12(23-11)17(18,19)20/h3-5,8,10H,6-7H2,1-2H3,(H,27,28)(H,21,24,25,26)/b22-9+/t8-/m1/s1. The lowest BCUT2D eigenvalue weighted by molar-refractivity contribution is -0.141. The molecule has 3 rings (SSSR count). The highest BCUT2D eigenvalue weighted by atomic mass is 19.4. The third kappa shape index (κ3) is 4.78. The van der Waals surface area contributed by atoms with E-state index in [0.29, 0.717) is 5.92 Å². The molecule has 8 nitrogen and oxygen atoms in total. The molecule has 1 aliphatic carbocycles. The molecule has 0 radical (unpaired) electrons. The van der Waals surface area contributed by atoms with E-state index in [-0.39, 0.29) is 35.2 Å². The van der Waals surface area contributed by atoms with Crippen molar-refractivity contribution in [1.29, 1.82) is 0 Å². The van der Waals surface area contributed by atoms with E-state index >= 15 is 0 Å². The van der Waals surface area contributed by atoms with Crippen molar-refractivity contribution in [2.45, 2.75) is 38.9 Å². The van der Waals surface area contributed by atoms with Crippen LogP contribution in [-0.4, -0.2) is 42.8 Å². The van der Waals surface area contributed by atoms with Crippen LogP contribution in [0.4, 0.5) is 25.1 Å². The number of hydrogen-bond donors (Lipinski definition) is 2. The van der Waals surface area contributed by atoms with Crippen LogP contribution in [0.2, 0.25) is 0 Å². The Morgan fingerprint density at radius 2 is 1.96 bits per heavy atom. The van der Waals surface area contributed by atoms with Crippen LogP contribution in [0, 0.1) is 5.92 Å². The summed E-state index contributed by atoms with van der Waals surface area (Å²) in [5, 5.41) is 12.1. The van der Waals surface area contributed by atoms with Crippen LogP contribution in [0.15, 0.2) is 23.2 Å². The molecule has 1 saturated carbocycles. The summed E-state index contributed by atoms with van der Waals surface area (Å²) in [6.45, 7) is 3.20. The van der Waals surface area contributed by atoms with Crippen LogP contribution in [0.5, 0.6) is 0 Å². The maximum absolute atomic E-state index is 13.0. The summed E-state index contributed by atoms with van der Waals surface area (Å²) in [6, 6.07) is 3.41. The molecule has 11 heteroatoms. The van der Waals surface area contributed by atoms with Crippen molar-refractivity contribution in [3.8, 4) is 11.5 Å². The zero-order valence-electron chi connectivity index (χ0n) is 15.0. The topological polar surface area (TPSA) is 113 Å². The number of carboxylic acids is 1. The molecule has 148 valence electrons. The van der Waals surface area contributed by atoms with Gasteiger partial charge in [-0.1, -0.05) is 6.07 Å². The first-order valence-electron chi connectivity index (χ1n) is 8.49. The Bertz CT molecular complexity index is 927. The Morgan fingerprint density at radius 1 is 1.25 bits per heavy atom. The maximum Gasteiger partial charge on any atom is 0.433 e. The van der Waals surface area contributed by atoms with Crippen LogP contribution in [0.3, 0.4) is 0 Å². The zero-order valence-corrected chi connectivity index (χ0v) is 15.0. The van der Waals surface area contributed by atoms with E-state index in [1.54, 1.807) is 0 Å². The monoisotopic (exact) mass is 394 g/mol. The van der Waals surface area contributed by atoms with Crippen molar-refractivity contribution in [3.63, 3.8) is 0 Å². The summed E-state index contributed by atoms with van der Waals surface area (Å²) in [5.74, 6) is -1.07. The lowest BCUT2D eigenvalue weighted by atomic mass is 10.2. The van der Waals surface area contributed by atoms with Crippen molar-refractivity contribution in [3.05, 3.63) is 23.9 Å². The van der Waals surface area contributed by atoms with E-state index in [9.17, 15) is 18.0 Å². The fourth-order valence-electron chi connectivity index (χ4n) is 2.43. The molecular formula is C17H17F3N6O2. The van der Waals surface area contributed by atoms with Gasteiger partial charge in [0.25, 0.3) is 5.95 Å². The Balaban J connectivity index is 2.03. The number of nitrogens with zero attached hydrogens (tertiary/aromatic N) is 5. The molecule has 1 fully saturated rings. The van der Waals surface area contributed by atoms with Crippen molar-refractivity contribution in [1.82, 2.24) is 19.9 Å². The second-order valence-corrected chi connectivity index (χ2v) is 6.46. The van der Waals surface area contributed by atoms with Gasteiger partial charge in [-0.25, -0.2) is 14.8 Å². The molecule has 1 aliphatic rings. The van der Waals surface area contributed by atoms with Gasteiger partial charge in [0.15, 0.2) is 5.82 Å². The molecule has 0 bridgehead atoms. The number of carbonyl (C=O) groups is 1. The van der Waals surface area contributed by atoms with E-state index < -0.39 is 17.8 Å². The average molecular weight is 394 g/mol. The molecule has 28 heavy (non-hydrogen) atoms. The normalized spacial score (nSPS) is 16.0. The Morgan fingerprint density at radius 3 is 2.57 bits per heavy atom. The fraction of sp³-hybridized carbons (Fsp3) is 0.412. The SMILES string of the molecule is C/C(=N\c1nc(N[C@H](C)C2CC2)nc(-c2cccc(C(F)(F)F)n2)n1)C(=O)O. The van der Waals surface area contributed by atoms with Crippen LogP contribution in [-0.2, 0) is 11.0 Å². The molecule has 2 N–H and O–H groups in total. The summed E-state index contributed by atoms with van der Waals surface area (Å²) in [5.41, 5.74) is -1.47. The first-order chi connectivity index (χ1) is 13.1. The third-order valence-corrected chi connectivity index (χ3v) is 4.16. The molecule has 0 aliphatic heterocycles. The van der Waals surface area contributed by atoms with Crippen LogP contribution >= 0.6 is 0 Å². The Hall–Kier alpha value is -3.11. The summed E-state index contributed by atoms with van der Waals surface area (Å²) < 4.78 is 38.9. The molecular weight excluding hydrogens is 377 g/mol. The molecule has 0 saturated heterocycles. The molecule has 2 aromatic heterocycles. The van der Waals surface area contributed by atoms with Gasteiger partial charge in [-0.15, -0.1) is 0 Å². The minimum absolute atomic E-state index is 0.0436. The van der Waals surface area contributed by atoms with E-state index in [0.717, 1.165) is 18.9 Å². The maximum atomic E-state index is 13.0. The van der Waals surface area contributed by atoms with Gasteiger partial charge >= 0.3 is 12.1 Å². The van der Waals surface area contributed by atoms with Gasteiger partial charge in [-0.2, -0.15) is 28.1 Å². The molecule has 0 amide bonds. The molecule has 0 spiro atoms. The van der Waals surface area contributed by atoms with Gasteiger partial charge in [0.05, 0.1) is 0 Å². The first-order valence-corrected chi connectivity index (χ1v) is 8.49. The highest BCUT2D eigenvalue weighted by molar-refractivity contribution is 6.35. The Kier molecular flexibility index (Phi) is 5.25. The number of halogens is 3. The minimum Gasteiger partial charge on any atom is -0.477 e. The number of anilines is 1. The van der Waals surface area contributed by atoms with Gasteiger partial charge < -0.3 is 10.4 Å². The lowest BCUT2D eigenvalue weighted by Crippen LogP contribution is -2.19. The predicted molar refractivity (Wildman–Crippen MR) is 94.3 cm³/mol. The number of rotatable bonds is 6. The van der Waals surface area contributed by atoms with Crippen LogP contribution in [0.1, 0.15) is 32.4 Å². The largest absolute Gasteiger partial charge is 0.477 e. The molecule has 0 aromatic carbocycles. The van der Waals surface area contributed by atoms with E-state index in [4.69, 9.17) is 5.11 Å². The first kappa shape index (κ1) is 19.6. The quantitative estimate of drug-likeness (QED) is 0.723. The number of nitrogens with one attached hydrogen (secondary N) is 1. The number of alkyl halides is 3. The second kappa shape index (κ2) is 7.49. The average Bonchev–Trinajstić information content (AvgIpc) is 3.46. The predicted octanol–water partition coefficient (Wildman–Crippen LogP) is 3.34. The fourth-order valence-corrected chi connectivity index (χ4v) is 2.43. The lowest BCUT2D eigenvalue weighted by Gasteiger charge is -2.13. The van der Waals surface area contributed by atoms with E-state index in [2.05, 4.69) is 30.2 Å². The molecule has 0 unspecified atom stereocenters. The summed E-state index contributed by atoms with van der Waals surface area (Å²) >= 11 is 0. The van der Waals surface area contributed by atoms with Gasteiger partial charge in [0.2, 0.25) is 5.95 Å². The highest BCUT2D eigenvalue weighted by Gasteiger charge is 2.33. The van der Waals surface area contributed by atoms with E-state index in [1.165, 1.54) is 19.1 Å². The minimum atomic E-state index is -4.62. The van der Waals surface area contributed by atoms with Crippen LogP contribution < -0.4 is 5.32 Å². The van der Waals surface area contributed by atoms with Gasteiger partial charge in [0.1, 0.15) is 17.1 Å². The van der Waals surface area contributed by atoms with Crippen molar-refractivity contribution >= 4 is 23.6 Å². The third-order valence-electron chi connectivity index (χ3n) is 4.16. The van der Waals surface area contributed by atoms with Gasteiger partial charge in [-0.3, -0.25) is 0 Å². The molecule has 1 atom stereocenters. The second-order valence-electron chi connectivity index (χ2n) is 6.46.